The van der Waals surface area contributed by atoms with Gasteiger partial charge in [-0.25, -0.2) is 4.98 Å². The van der Waals surface area contributed by atoms with Gasteiger partial charge in [-0.2, -0.15) is 5.10 Å². The SMILES string of the molecule is Cc1cc(Br)cc(C)c1NC(=S)NN=Cc1ccc2c(ccc3c2ncn3-c2ccc(OC(F)(F)F)cc2)c1. The molecule has 4 aromatic carbocycles. The highest BCUT2D eigenvalue weighted by Crippen LogP contribution is 2.29. The standard InChI is InChI=1S/C28H21BrF3N5OS/c1-16-11-20(29)12-17(2)25(16)35-27(39)36-34-14-18-3-9-23-19(13-18)4-10-24-26(23)33-15-37(24)21-5-7-22(8-6-21)38-28(30,31)32/h3-15H,1-2H3,(H2,35,36,39). The van der Waals surface area contributed by atoms with Gasteiger partial charge in [0.15, 0.2) is 5.11 Å². The number of aromatic nitrogens is 2. The Kier molecular flexibility index (Phi) is 7.28. The Bertz CT molecular complexity index is 1710. The predicted molar refractivity (Wildman–Crippen MR) is 156 cm³/mol. The Morgan fingerprint density at radius 1 is 1.03 bits per heavy atom. The molecule has 0 radical (unpaired) electrons. The highest BCUT2D eigenvalue weighted by atomic mass is 79.9. The number of benzene rings is 4. The fourth-order valence-electron chi connectivity index (χ4n) is 4.34. The van der Waals surface area contributed by atoms with Crippen molar-refractivity contribution in [1.29, 1.82) is 0 Å². The fourth-order valence-corrected chi connectivity index (χ4v) is 5.18. The van der Waals surface area contributed by atoms with Gasteiger partial charge in [0.2, 0.25) is 0 Å². The monoisotopic (exact) mass is 611 g/mol. The van der Waals surface area contributed by atoms with Gasteiger partial charge in [-0.1, -0.05) is 34.1 Å². The number of fused-ring (bicyclic) bond motifs is 3. The van der Waals surface area contributed by atoms with Crippen molar-refractivity contribution in [3.05, 3.63) is 94.2 Å². The zero-order chi connectivity index (χ0) is 27.7. The molecule has 0 aliphatic carbocycles. The number of halogens is 4. The van der Waals surface area contributed by atoms with Crippen LogP contribution in [0.2, 0.25) is 0 Å². The second-order valence-corrected chi connectivity index (χ2v) is 10.1. The van der Waals surface area contributed by atoms with Gasteiger partial charge in [0, 0.05) is 21.2 Å². The number of aryl methyl sites for hydroxylation is 2. The first kappa shape index (κ1) is 26.6. The summed E-state index contributed by atoms with van der Waals surface area (Å²) in [4.78, 5) is 4.56. The summed E-state index contributed by atoms with van der Waals surface area (Å²) in [5, 5.41) is 9.74. The van der Waals surface area contributed by atoms with Crippen LogP contribution in [0.25, 0.3) is 27.5 Å². The third-order valence-electron chi connectivity index (χ3n) is 6.02. The van der Waals surface area contributed by atoms with Gasteiger partial charge in [-0.3, -0.25) is 9.99 Å². The smallest absolute Gasteiger partial charge is 0.406 e. The molecular weight excluding hydrogens is 591 g/mol. The lowest BCUT2D eigenvalue weighted by atomic mass is 10.1. The maximum Gasteiger partial charge on any atom is 0.573 e. The summed E-state index contributed by atoms with van der Waals surface area (Å²) in [6, 6.07) is 19.4. The van der Waals surface area contributed by atoms with E-state index in [4.69, 9.17) is 12.2 Å². The molecule has 0 fully saturated rings. The first-order valence-corrected chi connectivity index (χ1v) is 12.9. The van der Waals surface area contributed by atoms with Crippen LogP contribution in [0.3, 0.4) is 0 Å². The van der Waals surface area contributed by atoms with Gasteiger partial charge in [-0.15, -0.1) is 13.2 Å². The first-order chi connectivity index (χ1) is 18.6. The molecule has 0 unspecified atom stereocenters. The van der Waals surface area contributed by atoms with Gasteiger partial charge in [0.25, 0.3) is 0 Å². The summed E-state index contributed by atoms with van der Waals surface area (Å²) in [5.41, 5.74) is 9.04. The lowest BCUT2D eigenvalue weighted by Gasteiger charge is -2.13. The molecule has 11 heteroatoms. The molecule has 0 atom stereocenters. The van der Waals surface area contributed by atoms with E-state index in [1.165, 1.54) is 12.1 Å². The molecule has 2 N–H and O–H groups in total. The second kappa shape index (κ2) is 10.7. The van der Waals surface area contributed by atoms with Crippen LogP contribution in [0.4, 0.5) is 18.9 Å². The van der Waals surface area contributed by atoms with Crippen LogP contribution >= 0.6 is 28.1 Å². The molecule has 0 saturated heterocycles. The van der Waals surface area contributed by atoms with Gasteiger partial charge in [0.05, 0.1) is 17.2 Å². The minimum atomic E-state index is -4.73. The van der Waals surface area contributed by atoms with Gasteiger partial charge >= 0.3 is 6.36 Å². The first-order valence-electron chi connectivity index (χ1n) is 11.7. The highest BCUT2D eigenvalue weighted by Gasteiger charge is 2.31. The number of hydrogen-bond donors (Lipinski definition) is 2. The minimum Gasteiger partial charge on any atom is -0.406 e. The summed E-state index contributed by atoms with van der Waals surface area (Å²) < 4.78 is 44.2. The summed E-state index contributed by atoms with van der Waals surface area (Å²) in [6.07, 6.45) is -1.41. The van der Waals surface area contributed by atoms with Crippen LogP contribution in [0, 0.1) is 13.8 Å². The normalized spacial score (nSPS) is 11.8. The molecule has 0 aliphatic rings. The molecule has 0 saturated carbocycles. The van der Waals surface area contributed by atoms with Crippen molar-refractivity contribution in [1.82, 2.24) is 15.0 Å². The molecule has 39 heavy (non-hydrogen) atoms. The average molecular weight is 612 g/mol. The van der Waals surface area contributed by atoms with Crippen molar-refractivity contribution < 1.29 is 17.9 Å². The number of ether oxygens (including phenoxy) is 1. The highest BCUT2D eigenvalue weighted by molar-refractivity contribution is 9.10. The lowest BCUT2D eigenvalue weighted by molar-refractivity contribution is -0.274. The third kappa shape index (κ3) is 6.04. The van der Waals surface area contributed by atoms with Crippen molar-refractivity contribution in [3.8, 4) is 11.4 Å². The van der Waals surface area contributed by atoms with Gasteiger partial charge < -0.3 is 10.1 Å². The Morgan fingerprint density at radius 2 is 1.74 bits per heavy atom. The number of nitrogens with one attached hydrogen (secondary N) is 2. The Morgan fingerprint density at radius 3 is 2.44 bits per heavy atom. The van der Waals surface area contributed by atoms with Crippen molar-refractivity contribution in [2.24, 2.45) is 5.10 Å². The zero-order valence-electron chi connectivity index (χ0n) is 20.7. The molecule has 5 rings (SSSR count). The molecule has 0 spiro atoms. The summed E-state index contributed by atoms with van der Waals surface area (Å²) >= 11 is 8.88. The van der Waals surface area contributed by atoms with Crippen LogP contribution < -0.4 is 15.5 Å². The molecule has 0 bridgehead atoms. The number of alkyl halides is 3. The quantitative estimate of drug-likeness (QED) is 0.121. The van der Waals surface area contributed by atoms with E-state index in [1.54, 1.807) is 24.7 Å². The predicted octanol–water partition coefficient (Wildman–Crippen LogP) is 7.78. The van der Waals surface area contributed by atoms with Crippen LogP contribution in [0.15, 0.2) is 82.6 Å². The largest absolute Gasteiger partial charge is 0.573 e. The molecule has 5 aromatic rings. The Hall–Kier alpha value is -3.96. The van der Waals surface area contributed by atoms with Crippen LogP contribution in [-0.2, 0) is 0 Å². The van der Waals surface area contributed by atoms with Crippen LogP contribution in [-0.4, -0.2) is 27.2 Å². The van der Waals surface area contributed by atoms with Crippen molar-refractivity contribution in [2.75, 3.05) is 5.32 Å². The third-order valence-corrected chi connectivity index (χ3v) is 6.67. The van der Waals surface area contributed by atoms with E-state index < -0.39 is 6.36 Å². The number of hydrogen-bond acceptors (Lipinski definition) is 4. The molecule has 0 amide bonds. The van der Waals surface area contributed by atoms with Crippen LogP contribution in [0.1, 0.15) is 16.7 Å². The van der Waals surface area contributed by atoms with Crippen molar-refractivity contribution in [3.63, 3.8) is 0 Å². The fraction of sp³-hybridized carbons (Fsp3) is 0.107. The maximum atomic E-state index is 12.5. The second-order valence-electron chi connectivity index (χ2n) is 8.81. The number of thiocarbonyl (C=S) groups is 1. The molecule has 198 valence electrons. The molecule has 0 aliphatic heterocycles. The number of rotatable bonds is 5. The molecule has 1 heterocycles. The van der Waals surface area contributed by atoms with E-state index >= 15 is 0 Å². The van der Waals surface area contributed by atoms with Crippen molar-refractivity contribution >= 4 is 67.0 Å². The van der Waals surface area contributed by atoms with E-state index in [1.807, 2.05) is 60.9 Å². The van der Waals surface area contributed by atoms with Crippen molar-refractivity contribution in [2.45, 2.75) is 20.2 Å². The Balaban J connectivity index is 1.31. The topological polar surface area (TPSA) is 63.5 Å². The summed E-state index contributed by atoms with van der Waals surface area (Å²) in [6.45, 7) is 4.01. The maximum absolute atomic E-state index is 12.5. The number of imidazole rings is 1. The lowest BCUT2D eigenvalue weighted by Crippen LogP contribution is -2.24. The van der Waals surface area contributed by atoms with E-state index in [0.29, 0.717) is 10.8 Å². The molecule has 1 aromatic heterocycles. The van der Waals surface area contributed by atoms with E-state index in [2.05, 4.69) is 41.5 Å². The zero-order valence-corrected chi connectivity index (χ0v) is 23.1. The van der Waals surface area contributed by atoms with Gasteiger partial charge in [0.1, 0.15) is 12.1 Å². The molecule has 6 nitrogen and oxygen atoms in total. The minimum absolute atomic E-state index is 0.278. The number of hydrazone groups is 1. The summed E-state index contributed by atoms with van der Waals surface area (Å²) in [5.74, 6) is -0.278. The van der Waals surface area contributed by atoms with E-state index in [-0.39, 0.29) is 5.75 Å². The van der Waals surface area contributed by atoms with E-state index in [0.717, 1.165) is 48.7 Å². The number of nitrogens with zero attached hydrogens (tertiary/aromatic N) is 3. The van der Waals surface area contributed by atoms with E-state index in [9.17, 15) is 13.2 Å². The summed E-state index contributed by atoms with van der Waals surface area (Å²) in [7, 11) is 0. The van der Waals surface area contributed by atoms with Crippen LogP contribution in [0.5, 0.6) is 5.75 Å². The molecular formula is C28H21BrF3N5OS. The van der Waals surface area contributed by atoms with Gasteiger partial charge in [-0.05, 0) is 96.7 Å². The Labute approximate surface area is 235 Å². The average Bonchev–Trinajstić information content (AvgIpc) is 3.30. The number of anilines is 1.